The molecule has 1 aliphatic rings. The predicted molar refractivity (Wildman–Crippen MR) is 69.2 cm³/mol. The molecule has 1 aliphatic carbocycles. The van der Waals surface area contributed by atoms with Gasteiger partial charge in [0.2, 0.25) is 0 Å². The van der Waals surface area contributed by atoms with Gasteiger partial charge in [-0.2, -0.15) is 0 Å². The summed E-state index contributed by atoms with van der Waals surface area (Å²) in [4.78, 5) is 0. The van der Waals surface area contributed by atoms with E-state index in [1.807, 2.05) is 0 Å². The van der Waals surface area contributed by atoms with E-state index in [4.69, 9.17) is 5.11 Å². The van der Waals surface area contributed by atoms with Crippen molar-refractivity contribution in [2.75, 3.05) is 6.61 Å². The first-order valence-electron chi connectivity index (χ1n) is 6.61. The fourth-order valence-corrected chi connectivity index (χ4v) is 2.68. The van der Waals surface area contributed by atoms with Gasteiger partial charge in [-0.25, -0.2) is 0 Å². The fourth-order valence-electron chi connectivity index (χ4n) is 2.68. The zero-order valence-corrected chi connectivity index (χ0v) is 10.5. The van der Waals surface area contributed by atoms with E-state index < -0.39 is 6.10 Å². The van der Waals surface area contributed by atoms with Crippen LogP contribution in [0.2, 0.25) is 0 Å². The molecule has 17 heavy (non-hydrogen) atoms. The predicted octanol–water partition coefficient (Wildman–Crippen LogP) is 2.41. The highest BCUT2D eigenvalue weighted by Crippen LogP contribution is 2.27. The molecule has 0 bridgehead atoms. The van der Waals surface area contributed by atoms with Crippen molar-refractivity contribution in [3.8, 4) is 0 Å². The molecule has 2 atom stereocenters. The Morgan fingerprint density at radius 3 is 2.59 bits per heavy atom. The first kappa shape index (κ1) is 12.6. The molecule has 0 saturated heterocycles. The van der Waals surface area contributed by atoms with Crippen LogP contribution >= 0.6 is 0 Å². The minimum Gasteiger partial charge on any atom is -0.394 e. The molecule has 0 spiro atoms. The maximum absolute atomic E-state index is 9.48. The van der Waals surface area contributed by atoms with Crippen LogP contribution in [0.15, 0.2) is 18.2 Å². The number of hydrogen-bond acceptors (Lipinski definition) is 2. The first-order valence-corrected chi connectivity index (χ1v) is 6.61. The van der Waals surface area contributed by atoms with E-state index in [1.54, 1.807) is 0 Å². The van der Waals surface area contributed by atoms with Crippen molar-refractivity contribution in [3.63, 3.8) is 0 Å². The zero-order chi connectivity index (χ0) is 12.3. The molecule has 2 heteroatoms. The van der Waals surface area contributed by atoms with Crippen LogP contribution in [0, 0.1) is 0 Å². The Bertz CT molecular complexity index is 373. The zero-order valence-electron chi connectivity index (χ0n) is 10.5. The number of aliphatic hydroxyl groups is 2. The summed E-state index contributed by atoms with van der Waals surface area (Å²) in [7, 11) is 0. The maximum Gasteiger partial charge on any atom is 0.0776 e. The van der Waals surface area contributed by atoms with Gasteiger partial charge in [-0.1, -0.05) is 25.1 Å². The molecule has 2 unspecified atom stereocenters. The Hall–Kier alpha value is -0.860. The molecular formula is C15H22O2. The topological polar surface area (TPSA) is 40.5 Å². The van der Waals surface area contributed by atoms with Gasteiger partial charge in [0.15, 0.2) is 0 Å². The molecule has 1 aromatic carbocycles. The van der Waals surface area contributed by atoms with Crippen LogP contribution in [0.4, 0.5) is 0 Å². The third-order valence-electron chi connectivity index (χ3n) is 3.78. The Kier molecular flexibility index (Phi) is 4.19. The molecule has 0 heterocycles. The molecule has 2 N–H and O–H groups in total. The van der Waals surface area contributed by atoms with Crippen LogP contribution in [0.1, 0.15) is 48.8 Å². The second-order valence-corrected chi connectivity index (χ2v) is 5.21. The molecule has 2 rings (SSSR count). The smallest absolute Gasteiger partial charge is 0.0776 e. The lowest BCUT2D eigenvalue weighted by Gasteiger charge is -2.20. The number of hydrogen-bond donors (Lipinski definition) is 2. The van der Waals surface area contributed by atoms with Gasteiger partial charge in [0.1, 0.15) is 0 Å². The Morgan fingerprint density at radius 2 is 1.88 bits per heavy atom. The Morgan fingerprint density at radius 1 is 1.18 bits per heavy atom. The van der Waals surface area contributed by atoms with E-state index in [9.17, 15) is 5.11 Å². The van der Waals surface area contributed by atoms with Gasteiger partial charge in [0.25, 0.3) is 0 Å². The average molecular weight is 234 g/mol. The number of benzene rings is 1. The van der Waals surface area contributed by atoms with Crippen molar-refractivity contribution in [1.82, 2.24) is 0 Å². The van der Waals surface area contributed by atoms with Crippen molar-refractivity contribution in [3.05, 3.63) is 34.9 Å². The number of rotatable bonds is 4. The summed E-state index contributed by atoms with van der Waals surface area (Å²) >= 11 is 0. The quantitative estimate of drug-likeness (QED) is 0.840. The number of aliphatic hydroxyl groups excluding tert-OH is 2. The molecule has 2 nitrogen and oxygen atoms in total. The van der Waals surface area contributed by atoms with E-state index >= 15 is 0 Å². The number of fused-ring (bicyclic) bond motifs is 1. The lowest BCUT2D eigenvalue weighted by molar-refractivity contribution is 0.0835. The van der Waals surface area contributed by atoms with Crippen LogP contribution in [-0.2, 0) is 12.8 Å². The standard InChI is InChI=1S/C15H22O2/c1-11(8-15(17)10-16)13-7-6-12-4-2-3-5-14(12)9-13/h6-7,9,11,15-17H,2-5,8,10H2,1H3. The summed E-state index contributed by atoms with van der Waals surface area (Å²) in [5.41, 5.74) is 4.27. The van der Waals surface area contributed by atoms with Crippen molar-refractivity contribution in [1.29, 1.82) is 0 Å². The normalized spacial score (nSPS) is 18.5. The van der Waals surface area contributed by atoms with Gasteiger partial charge in [-0.15, -0.1) is 0 Å². The van der Waals surface area contributed by atoms with E-state index in [2.05, 4.69) is 25.1 Å². The van der Waals surface area contributed by atoms with Gasteiger partial charge >= 0.3 is 0 Å². The maximum atomic E-state index is 9.48. The van der Waals surface area contributed by atoms with Crippen LogP contribution in [0.25, 0.3) is 0 Å². The molecule has 0 radical (unpaired) electrons. The second-order valence-electron chi connectivity index (χ2n) is 5.21. The van der Waals surface area contributed by atoms with Gasteiger partial charge in [-0.05, 0) is 54.7 Å². The largest absolute Gasteiger partial charge is 0.394 e. The van der Waals surface area contributed by atoms with Crippen LogP contribution in [-0.4, -0.2) is 22.9 Å². The summed E-state index contributed by atoms with van der Waals surface area (Å²) in [5, 5.41) is 18.4. The fraction of sp³-hybridized carbons (Fsp3) is 0.600. The van der Waals surface area contributed by atoms with Crippen molar-refractivity contribution >= 4 is 0 Å². The van der Waals surface area contributed by atoms with Gasteiger partial charge in [0, 0.05) is 0 Å². The summed E-state index contributed by atoms with van der Waals surface area (Å²) in [6.45, 7) is 1.97. The highest BCUT2D eigenvalue weighted by atomic mass is 16.3. The highest BCUT2D eigenvalue weighted by molar-refractivity contribution is 5.35. The minimum absolute atomic E-state index is 0.144. The van der Waals surface area contributed by atoms with Crippen molar-refractivity contribution < 1.29 is 10.2 Å². The SMILES string of the molecule is CC(CC(O)CO)c1ccc2c(c1)CCCC2. The second kappa shape index (κ2) is 5.65. The number of aryl methyl sites for hydroxylation is 2. The molecule has 0 saturated carbocycles. The summed E-state index contributed by atoms with van der Waals surface area (Å²) in [6, 6.07) is 6.72. The van der Waals surface area contributed by atoms with Gasteiger partial charge in [-0.3, -0.25) is 0 Å². The molecule has 0 aromatic heterocycles. The Labute approximate surface area is 103 Å². The van der Waals surface area contributed by atoms with E-state index in [0.717, 1.165) is 0 Å². The third kappa shape index (κ3) is 3.08. The van der Waals surface area contributed by atoms with E-state index in [1.165, 1.54) is 42.4 Å². The molecule has 0 fully saturated rings. The van der Waals surface area contributed by atoms with E-state index in [-0.39, 0.29) is 6.61 Å². The summed E-state index contributed by atoms with van der Waals surface area (Å²) in [6.07, 6.45) is 5.05. The highest BCUT2D eigenvalue weighted by Gasteiger charge is 2.14. The monoisotopic (exact) mass is 234 g/mol. The summed E-state index contributed by atoms with van der Waals surface area (Å²) < 4.78 is 0. The third-order valence-corrected chi connectivity index (χ3v) is 3.78. The van der Waals surface area contributed by atoms with Crippen LogP contribution < -0.4 is 0 Å². The van der Waals surface area contributed by atoms with Gasteiger partial charge < -0.3 is 10.2 Å². The molecule has 1 aromatic rings. The van der Waals surface area contributed by atoms with Crippen LogP contribution in [0.5, 0.6) is 0 Å². The van der Waals surface area contributed by atoms with Crippen molar-refractivity contribution in [2.45, 2.75) is 51.0 Å². The van der Waals surface area contributed by atoms with E-state index in [0.29, 0.717) is 12.3 Å². The first-order chi connectivity index (χ1) is 8.20. The molecule has 0 amide bonds. The minimum atomic E-state index is -0.596. The van der Waals surface area contributed by atoms with Crippen molar-refractivity contribution in [2.24, 2.45) is 0 Å². The lowest BCUT2D eigenvalue weighted by atomic mass is 9.86. The molecule has 94 valence electrons. The summed E-state index contributed by atoms with van der Waals surface area (Å²) in [5.74, 6) is 0.310. The average Bonchev–Trinajstić information content (AvgIpc) is 2.38. The van der Waals surface area contributed by atoms with Gasteiger partial charge in [0.05, 0.1) is 12.7 Å². The lowest BCUT2D eigenvalue weighted by Crippen LogP contribution is -2.15. The molecule has 0 aliphatic heterocycles. The van der Waals surface area contributed by atoms with Crippen LogP contribution in [0.3, 0.4) is 0 Å². The molecular weight excluding hydrogens is 212 g/mol. The Balaban J connectivity index is 2.10.